The lowest BCUT2D eigenvalue weighted by Gasteiger charge is -2.10. The third-order valence-electron chi connectivity index (χ3n) is 3.12. The molecular formula is C14H18N4O. The van der Waals surface area contributed by atoms with Gasteiger partial charge in [-0.05, 0) is 44.0 Å². The maximum atomic E-state index is 12.2. The smallest absolute Gasteiger partial charge is 0.259 e. The lowest BCUT2D eigenvalue weighted by atomic mass is 10.1. The molecule has 5 nitrogen and oxygen atoms in total. The van der Waals surface area contributed by atoms with E-state index in [9.17, 15) is 4.79 Å². The lowest BCUT2D eigenvalue weighted by molar-refractivity contribution is 0.102. The Morgan fingerprint density at radius 1 is 1.26 bits per heavy atom. The molecule has 1 amide bonds. The number of nitrogen functional groups attached to an aromatic ring is 1. The van der Waals surface area contributed by atoms with Crippen LogP contribution in [-0.4, -0.2) is 15.7 Å². The van der Waals surface area contributed by atoms with Crippen LogP contribution in [0.5, 0.6) is 0 Å². The zero-order valence-corrected chi connectivity index (χ0v) is 11.6. The minimum atomic E-state index is -0.155. The molecule has 0 fully saturated rings. The van der Waals surface area contributed by atoms with Crippen molar-refractivity contribution in [2.45, 2.75) is 20.8 Å². The predicted octanol–water partition coefficient (Wildman–Crippen LogP) is 2.18. The summed E-state index contributed by atoms with van der Waals surface area (Å²) in [7, 11) is 1.79. The summed E-state index contributed by atoms with van der Waals surface area (Å²) in [6, 6.07) is 3.75. The average Bonchev–Trinajstić information content (AvgIpc) is 2.65. The molecule has 1 heterocycles. The van der Waals surface area contributed by atoms with Crippen LogP contribution in [0.15, 0.2) is 18.3 Å². The molecule has 0 aliphatic heterocycles. The van der Waals surface area contributed by atoms with Gasteiger partial charge in [0.2, 0.25) is 0 Å². The first-order valence-corrected chi connectivity index (χ1v) is 6.07. The van der Waals surface area contributed by atoms with Crippen molar-refractivity contribution >= 4 is 17.3 Å². The molecule has 19 heavy (non-hydrogen) atoms. The van der Waals surface area contributed by atoms with E-state index in [1.54, 1.807) is 17.9 Å². The van der Waals surface area contributed by atoms with Gasteiger partial charge in [0.15, 0.2) is 0 Å². The van der Waals surface area contributed by atoms with E-state index in [4.69, 9.17) is 5.73 Å². The minimum Gasteiger partial charge on any atom is -0.399 e. The first kappa shape index (κ1) is 13.1. The fourth-order valence-electron chi connectivity index (χ4n) is 1.99. The average molecular weight is 258 g/mol. The minimum absolute atomic E-state index is 0.155. The molecule has 0 spiro atoms. The Morgan fingerprint density at radius 3 is 2.53 bits per heavy atom. The number of nitrogens with two attached hydrogens (primary N) is 1. The van der Waals surface area contributed by atoms with Crippen LogP contribution in [0.25, 0.3) is 0 Å². The zero-order valence-electron chi connectivity index (χ0n) is 11.6. The van der Waals surface area contributed by atoms with Crippen molar-refractivity contribution in [2.75, 3.05) is 11.1 Å². The number of benzene rings is 1. The largest absolute Gasteiger partial charge is 0.399 e. The summed E-state index contributed by atoms with van der Waals surface area (Å²) < 4.78 is 1.63. The molecule has 0 aliphatic carbocycles. The topological polar surface area (TPSA) is 72.9 Å². The number of carbonyl (C=O) groups excluding carboxylic acids is 1. The monoisotopic (exact) mass is 258 g/mol. The van der Waals surface area contributed by atoms with E-state index < -0.39 is 0 Å². The van der Waals surface area contributed by atoms with Gasteiger partial charge in [0.25, 0.3) is 5.91 Å². The molecule has 0 saturated heterocycles. The normalized spacial score (nSPS) is 10.5. The van der Waals surface area contributed by atoms with Crippen LogP contribution in [-0.2, 0) is 7.05 Å². The van der Waals surface area contributed by atoms with Gasteiger partial charge >= 0.3 is 0 Å². The third kappa shape index (κ3) is 2.59. The number of aromatic nitrogens is 2. The summed E-state index contributed by atoms with van der Waals surface area (Å²) in [5.74, 6) is -0.155. The van der Waals surface area contributed by atoms with Gasteiger partial charge in [-0.3, -0.25) is 9.48 Å². The Labute approximate surface area is 112 Å². The number of carbonyl (C=O) groups is 1. The van der Waals surface area contributed by atoms with E-state index in [0.29, 0.717) is 11.3 Å². The maximum absolute atomic E-state index is 12.2. The van der Waals surface area contributed by atoms with Crippen molar-refractivity contribution in [3.8, 4) is 0 Å². The summed E-state index contributed by atoms with van der Waals surface area (Å²) in [6.07, 6.45) is 1.71. The van der Waals surface area contributed by atoms with E-state index in [1.165, 1.54) is 0 Å². The highest BCUT2D eigenvalue weighted by atomic mass is 16.1. The van der Waals surface area contributed by atoms with Gasteiger partial charge in [0.05, 0.1) is 11.3 Å². The van der Waals surface area contributed by atoms with Crippen LogP contribution >= 0.6 is 0 Å². The van der Waals surface area contributed by atoms with Crippen LogP contribution in [0.3, 0.4) is 0 Å². The third-order valence-corrected chi connectivity index (χ3v) is 3.12. The van der Waals surface area contributed by atoms with Crippen molar-refractivity contribution in [1.82, 2.24) is 9.78 Å². The van der Waals surface area contributed by atoms with E-state index in [1.807, 2.05) is 32.9 Å². The first-order valence-electron chi connectivity index (χ1n) is 6.07. The molecule has 1 aromatic heterocycles. The SMILES string of the molecule is Cc1cc(NC(=O)c2cn(C)nc2C)c(C)cc1N. The number of rotatable bonds is 2. The molecule has 0 radical (unpaired) electrons. The zero-order chi connectivity index (χ0) is 14.2. The Morgan fingerprint density at radius 2 is 1.95 bits per heavy atom. The van der Waals surface area contributed by atoms with E-state index in [-0.39, 0.29) is 5.91 Å². The van der Waals surface area contributed by atoms with E-state index in [0.717, 1.165) is 22.5 Å². The molecule has 1 aromatic carbocycles. The highest BCUT2D eigenvalue weighted by molar-refractivity contribution is 6.05. The summed E-state index contributed by atoms with van der Waals surface area (Å²) >= 11 is 0. The summed E-state index contributed by atoms with van der Waals surface area (Å²) in [5.41, 5.74) is 10.5. The fraction of sp³-hybridized carbons (Fsp3) is 0.286. The number of nitrogens with zero attached hydrogens (tertiary/aromatic N) is 2. The Kier molecular flexibility index (Phi) is 3.29. The lowest BCUT2D eigenvalue weighted by Crippen LogP contribution is -2.13. The predicted molar refractivity (Wildman–Crippen MR) is 76.2 cm³/mol. The number of nitrogens with one attached hydrogen (secondary N) is 1. The van der Waals surface area contributed by atoms with Gasteiger partial charge < -0.3 is 11.1 Å². The van der Waals surface area contributed by atoms with Crippen LogP contribution in [0.1, 0.15) is 27.2 Å². The first-order chi connectivity index (χ1) is 8.88. The van der Waals surface area contributed by atoms with Gasteiger partial charge in [-0.25, -0.2) is 0 Å². The quantitative estimate of drug-likeness (QED) is 0.811. The fourth-order valence-corrected chi connectivity index (χ4v) is 1.99. The van der Waals surface area contributed by atoms with Crippen LogP contribution < -0.4 is 11.1 Å². The van der Waals surface area contributed by atoms with Crippen molar-refractivity contribution in [1.29, 1.82) is 0 Å². The highest BCUT2D eigenvalue weighted by Crippen LogP contribution is 2.22. The number of amides is 1. The molecule has 5 heteroatoms. The van der Waals surface area contributed by atoms with Gasteiger partial charge in [-0.2, -0.15) is 5.10 Å². The molecule has 2 rings (SSSR count). The van der Waals surface area contributed by atoms with Crippen molar-refractivity contribution < 1.29 is 4.79 Å². The number of aryl methyl sites for hydroxylation is 4. The number of hydrogen-bond acceptors (Lipinski definition) is 3. The summed E-state index contributed by atoms with van der Waals surface area (Å²) in [5, 5.41) is 7.06. The Hall–Kier alpha value is -2.30. The second-order valence-corrected chi connectivity index (χ2v) is 4.78. The Balaban J connectivity index is 2.29. The van der Waals surface area contributed by atoms with Crippen molar-refractivity contribution in [3.05, 3.63) is 40.7 Å². The summed E-state index contributed by atoms with van der Waals surface area (Å²) in [6.45, 7) is 5.65. The second kappa shape index (κ2) is 4.76. The highest BCUT2D eigenvalue weighted by Gasteiger charge is 2.14. The molecule has 0 aliphatic rings. The second-order valence-electron chi connectivity index (χ2n) is 4.78. The van der Waals surface area contributed by atoms with Gasteiger partial charge in [-0.15, -0.1) is 0 Å². The number of anilines is 2. The molecule has 3 N–H and O–H groups in total. The molecule has 0 atom stereocenters. The standard InChI is InChI=1S/C14H18N4O/c1-8-6-13(9(2)5-12(8)15)16-14(19)11-7-18(4)17-10(11)3/h5-7H,15H2,1-4H3,(H,16,19). The molecule has 0 unspecified atom stereocenters. The van der Waals surface area contributed by atoms with Gasteiger partial charge in [0, 0.05) is 24.6 Å². The number of hydrogen-bond donors (Lipinski definition) is 2. The molecular weight excluding hydrogens is 240 g/mol. The molecule has 0 bridgehead atoms. The Bertz CT molecular complexity index is 643. The van der Waals surface area contributed by atoms with Crippen LogP contribution in [0.4, 0.5) is 11.4 Å². The van der Waals surface area contributed by atoms with Crippen molar-refractivity contribution in [2.24, 2.45) is 7.05 Å². The van der Waals surface area contributed by atoms with Gasteiger partial charge in [-0.1, -0.05) is 0 Å². The summed E-state index contributed by atoms with van der Waals surface area (Å²) in [4.78, 5) is 12.2. The molecule has 100 valence electrons. The van der Waals surface area contributed by atoms with Gasteiger partial charge in [0.1, 0.15) is 0 Å². The van der Waals surface area contributed by atoms with Crippen LogP contribution in [0, 0.1) is 20.8 Å². The van der Waals surface area contributed by atoms with Crippen molar-refractivity contribution in [3.63, 3.8) is 0 Å². The molecule has 0 saturated carbocycles. The van der Waals surface area contributed by atoms with Crippen LogP contribution in [0.2, 0.25) is 0 Å². The van der Waals surface area contributed by atoms with E-state index in [2.05, 4.69) is 10.4 Å². The van der Waals surface area contributed by atoms with E-state index >= 15 is 0 Å². The maximum Gasteiger partial charge on any atom is 0.259 e. The molecule has 2 aromatic rings.